The zero-order valence-electron chi connectivity index (χ0n) is 17.3. The highest BCUT2D eigenvalue weighted by Gasteiger charge is 2.32. The van der Waals surface area contributed by atoms with Crippen LogP contribution in [-0.2, 0) is 0 Å². The Hall–Kier alpha value is -3.81. The molecule has 32 heavy (non-hydrogen) atoms. The average molecular weight is 434 g/mol. The van der Waals surface area contributed by atoms with Crippen LogP contribution < -0.4 is 4.74 Å². The van der Waals surface area contributed by atoms with Gasteiger partial charge in [0.05, 0.1) is 18.7 Å². The molecule has 1 amide bonds. The van der Waals surface area contributed by atoms with Crippen LogP contribution in [0.25, 0.3) is 22.6 Å². The van der Waals surface area contributed by atoms with E-state index < -0.39 is 17.5 Å². The van der Waals surface area contributed by atoms with Crippen LogP contribution in [0.5, 0.6) is 5.75 Å². The van der Waals surface area contributed by atoms with E-state index in [1.54, 1.807) is 18.2 Å². The first kappa shape index (κ1) is 20.1. The minimum Gasteiger partial charge on any atom is -0.497 e. The van der Waals surface area contributed by atoms with E-state index in [0.29, 0.717) is 19.5 Å². The largest absolute Gasteiger partial charge is 0.497 e. The van der Waals surface area contributed by atoms with E-state index in [2.05, 4.69) is 4.98 Å². The van der Waals surface area contributed by atoms with Gasteiger partial charge in [-0.1, -0.05) is 0 Å². The predicted molar refractivity (Wildman–Crippen MR) is 115 cm³/mol. The number of aromatic nitrogens is 3. The zero-order chi connectivity index (χ0) is 22.2. The molecule has 1 atom stereocenters. The summed E-state index contributed by atoms with van der Waals surface area (Å²) >= 11 is 0. The third kappa shape index (κ3) is 3.47. The van der Waals surface area contributed by atoms with Crippen LogP contribution in [0.15, 0.2) is 60.8 Å². The Labute approximate surface area is 183 Å². The first-order valence-electron chi connectivity index (χ1n) is 10.3. The number of fused-ring (bicyclic) bond motifs is 1. The van der Waals surface area contributed by atoms with Crippen LogP contribution in [0.2, 0.25) is 0 Å². The van der Waals surface area contributed by atoms with E-state index in [9.17, 15) is 13.6 Å². The molecule has 6 nitrogen and oxygen atoms in total. The molecular formula is C24H20F2N4O2. The number of likely N-dealkylation sites (tertiary alicyclic amines) is 1. The molecule has 0 saturated carbocycles. The van der Waals surface area contributed by atoms with E-state index >= 15 is 0 Å². The number of pyridine rings is 1. The van der Waals surface area contributed by atoms with Crippen molar-refractivity contribution in [2.24, 2.45) is 0 Å². The number of carbonyl (C=O) groups excluding carboxylic acids is 1. The number of amides is 1. The topological polar surface area (TPSA) is 60.3 Å². The number of benzene rings is 2. The Morgan fingerprint density at radius 2 is 1.94 bits per heavy atom. The molecule has 0 unspecified atom stereocenters. The highest BCUT2D eigenvalue weighted by atomic mass is 19.1. The maximum absolute atomic E-state index is 14.2. The first-order chi connectivity index (χ1) is 15.5. The van der Waals surface area contributed by atoms with Crippen LogP contribution in [0.1, 0.15) is 22.8 Å². The van der Waals surface area contributed by atoms with Gasteiger partial charge in [0.15, 0.2) is 5.65 Å². The molecule has 8 heteroatoms. The van der Waals surface area contributed by atoms with Crippen LogP contribution in [0.3, 0.4) is 0 Å². The van der Waals surface area contributed by atoms with Crippen LogP contribution >= 0.6 is 0 Å². The zero-order valence-corrected chi connectivity index (χ0v) is 17.3. The van der Waals surface area contributed by atoms with Gasteiger partial charge >= 0.3 is 0 Å². The SMILES string of the molecule is COc1ccc(-c2nc3cccnc3n2[C@@H]2CCN(C(=O)c3ccc(F)cc3F)C2)cc1. The summed E-state index contributed by atoms with van der Waals surface area (Å²) in [5.41, 5.74) is 2.26. The van der Waals surface area contributed by atoms with Crippen molar-refractivity contribution < 1.29 is 18.3 Å². The normalized spacial score (nSPS) is 16.0. The Kier molecular flexibility index (Phi) is 5.05. The Morgan fingerprint density at radius 3 is 2.69 bits per heavy atom. The molecule has 2 aromatic carbocycles. The van der Waals surface area contributed by atoms with Crippen LogP contribution in [-0.4, -0.2) is 45.5 Å². The molecule has 1 aliphatic rings. The molecule has 2 aromatic heterocycles. The summed E-state index contributed by atoms with van der Waals surface area (Å²) in [5, 5.41) is 0. The van der Waals surface area contributed by atoms with E-state index in [0.717, 1.165) is 40.4 Å². The molecule has 0 spiro atoms. The monoisotopic (exact) mass is 434 g/mol. The van der Waals surface area contributed by atoms with E-state index in [-0.39, 0.29) is 11.6 Å². The summed E-state index contributed by atoms with van der Waals surface area (Å²) in [7, 11) is 1.61. The van der Waals surface area contributed by atoms with Crippen molar-refractivity contribution in [2.75, 3.05) is 20.2 Å². The van der Waals surface area contributed by atoms with Crippen molar-refractivity contribution in [1.82, 2.24) is 19.4 Å². The Bertz CT molecular complexity index is 1300. The van der Waals surface area contributed by atoms with Crippen molar-refractivity contribution in [3.05, 3.63) is 78.0 Å². The van der Waals surface area contributed by atoms with Gasteiger partial charge in [0, 0.05) is 30.9 Å². The standard InChI is InChI=1S/C24H20F2N4O2/c1-32-18-7-4-15(5-8-18)22-28-21-3-2-11-27-23(21)30(22)17-10-12-29(14-17)24(31)19-9-6-16(25)13-20(19)26/h2-9,11,13,17H,10,12,14H2,1H3/t17-/m1/s1. The van der Waals surface area contributed by atoms with Crippen molar-refractivity contribution in [2.45, 2.75) is 12.5 Å². The third-order valence-electron chi connectivity index (χ3n) is 5.77. The molecule has 0 bridgehead atoms. The maximum Gasteiger partial charge on any atom is 0.256 e. The molecule has 3 heterocycles. The molecule has 1 saturated heterocycles. The second kappa shape index (κ2) is 8.03. The summed E-state index contributed by atoms with van der Waals surface area (Å²) in [6.07, 6.45) is 2.38. The van der Waals surface area contributed by atoms with Gasteiger partial charge in [-0.3, -0.25) is 4.79 Å². The number of rotatable bonds is 4. The predicted octanol–water partition coefficient (Wildman–Crippen LogP) is 4.47. The number of ether oxygens (including phenoxy) is 1. The lowest BCUT2D eigenvalue weighted by molar-refractivity contribution is 0.0783. The highest BCUT2D eigenvalue weighted by molar-refractivity contribution is 5.94. The number of carbonyl (C=O) groups is 1. The number of nitrogens with zero attached hydrogens (tertiary/aromatic N) is 4. The molecule has 5 rings (SSSR count). The lowest BCUT2D eigenvalue weighted by Gasteiger charge is -2.19. The minimum atomic E-state index is -0.855. The molecule has 4 aromatic rings. The maximum atomic E-state index is 14.2. The van der Waals surface area contributed by atoms with Gasteiger partial charge in [-0.2, -0.15) is 0 Å². The van der Waals surface area contributed by atoms with Crippen LogP contribution in [0, 0.1) is 11.6 Å². The van der Waals surface area contributed by atoms with Crippen molar-refractivity contribution >= 4 is 17.1 Å². The summed E-state index contributed by atoms with van der Waals surface area (Å²) in [4.78, 5) is 23.8. The summed E-state index contributed by atoms with van der Waals surface area (Å²) in [6, 6.07) is 14.3. The third-order valence-corrected chi connectivity index (χ3v) is 5.77. The highest BCUT2D eigenvalue weighted by Crippen LogP contribution is 2.33. The lowest BCUT2D eigenvalue weighted by Crippen LogP contribution is -2.30. The molecule has 162 valence electrons. The summed E-state index contributed by atoms with van der Waals surface area (Å²) in [6.45, 7) is 0.829. The number of hydrogen-bond acceptors (Lipinski definition) is 4. The van der Waals surface area contributed by atoms with E-state index in [1.807, 2.05) is 41.0 Å². The molecular weight excluding hydrogens is 414 g/mol. The quantitative estimate of drug-likeness (QED) is 0.476. The summed E-state index contributed by atoms with van der Waals surface area (Å²) in [5.74, 6) is -0.527. The van der Waals surface area contributed by atoms with Gasteiger partial charge in [0.1, 0.15) is 28.7 Å². The van der Waals surface area contributed by atoms with Gasteiger partial charge in [-0.05, 0) is 55.0 Å². The Balaban J connectivity index is 1.50. The van der Waals surface area contributed by atoms with Crippen LogP contribution in [0.4, 0.5) is 8.78 Å². The van der Waals surface area contributed by atoms with Gasteiger partial charge in [0.2, 0.25) is 0 Å². The fourth-order valence-electron chi connectivity index (χ4n) is 4.19. The van der Waals surface area contributed by atoms with Gasteiger partial charge in [-0.15, -0.1) is 0 Å². The second-order valence-electron chi connectivity index (χ2n) is 7.70. The number of hydrogen-bond donors (Lipinski definition) is 0. The lowest BCUT2D eigenvalue weighted by atomic mass is 10.1. The first-order valence-corrected chi connectivity index (χ1v) is 10.3. The second-order valence-corrected chi connectivity index (χ2v) is 7.70. The van der Waals surface area contributed by atoms with Gasteiger partial charge in [-0.25, -0.2) is 18.7 Å². The molecule has 0 radical (unpaired) electrons. The van der Waals surface area contributed by atoms with Crippen molar-refractivity contribution in [3.63, 3.8) is 0 Å². The number of imidazole rings is 1. The average Bonchev–Trinajstić information content (AvgIpc) is 3.43. The van der Waals surface area contributed by atoms with Gasteiger partial charge in [0.25, 0.3) is 5.91 Å². The fraction of sp³-hybridized carbons (Fsp3) is 0.208. The van der Waals surface area contributed by atoms with E-state index in [4.69, 9.17) is 9.72 Å². The molecule has 0 N–H and O–H groups in total. The molecule has 1 fully saturated rings. The fourth-order valence-corrected chi connectivity index (χ4v) is 4.19. The smallest absolute Gasteiger partial charge is 0.256 e. The van der Waals surface area contributed by atoms with Gasteiger partial charge < -0.3 is 14.2 Å². The van der Waals surface area contributed by atoms with E-state index in [1.165, 1.54) is 6.07 Å². The molecule has 1 aliphatic heterocycles. The minimum absolute atomic E-state index is 0.0838. The Morgan fingerprint density at radius 1 is 1.12 bits per heavy atom. The molecule has 0 aliphatic carbocycles. The van der Waals surface area contributed by atoms with Crippen molar-refractivity contribution in [3.8, 4) is 17.1 Å². The van der Waals surface area contributed by atoms with Crippen molar-refractivity contribution in [1.29, 1.82) is 0 Å². The number of halogens is 2. The summed E-state index contributed by atoms with van der Waals surface area (Å²) < 4.78 is 34.7. The number of methoxy groups -OCH3 is 1.